The molecule has 60 heteroatoms. The minimum Gasteiger partial charge on any atom is -0.459 e. The van der Waals surface area contributed by atoms with E-state index in [9.17, 15) is 140 Å². The van der Waals surface area contributed by atoms with Crippen LogP contribution in [0.1, 0.15) is 99.3 Å². The highest BCUT2D eigenvalue weighted by molar-refractivity contribution is 7.90. The second-order valence-electron chi connectivity index (χ2n) is 30.5. The van der Waals surface area contributed by atoms with Gasteiger partial charge in [0, 0.05) is 111 Å². The zero-order valence-corrected chi connectivity index (χ0v) is 82.0. The number of ether oxygens (including phenoxy) is 9. The van der Waals surface area contributed by atoms with Gasteiger partial charge in [0.1, 0.15) is 77.2 Å². The van der Waals surface area contributed by atoms with E-state index in [2.05, 4.69) is 158 Å². The first-order valence-corrected chi connectivity index (χ1v) is 47.6. The second-order valence-corrected chi connectivity index (χ2v) is 36.2. The summed E-state index contributed by atoms with van der Waals surface area (Å²) >= 11 is 0. The molecule has 18 N–H and O–H groups in total. The van der Waals surface area contributed by atoms with E-state index in [1.165, 1.54) is 27.7 Å². The fourth-order valence-electron chi connectivity index (χ4n) is 10.5. The molecule has 0 radical (unpaired) electrons. The summed E-state index contributed by atoms with van der Waals surface area (Å²) in [7, 11) is -10.7. The highest BCUT2D eigenvalue weighted by atomic mass is 32.2. The number of rotatable bonds is 36. The molecule has 0 aromatic heterocycles. The number of carbonyl (C=O) groups is 24. The van der Waals surface area contributed by atoms with Crippen molar-refractivity contribution in [2.45, 2.75) is 152 Å². The lowest BCUT2D eigenvalue weighted by molar-refractivity contribution is -0.153. The van der Waals surface area contributed by atoms with Gasteiger partial charge in [-0.3, -0.25) is 115 Å². The van der Waals surface area contributed by atoms with E-state index >= 15 is 0 Å². The van der Waals surface area contributed by atoms with Gasteiger partial charge in [0.2, 0.25) is 117 Å². The Morgan fingerprint density at radius 1 is 0.271 bits per heavy atom. The van der Waals surface area contributed by atoms with Crippen molar-refractivity contribution in [3.05, 3.63) is 111 Å². The lowest BCUT2D eigenvalue weighted by Gasteiger charge is -2.10. The molecule has 798 valence electrons. The van der Waals surface area contributed by atoms with Crippen LogP contribution in [-0.4, -0.2) is 338 Å². The average Bonchev–Trinajstić information content (AvgIpc) is 1.70. The maximum Gasteiger partial charge on any atom is 0.326 e. The number of esters is 9. The molecule has 144 heavy (non-hydrogen) atoms. The van der Waals surface area contributed by atoms with Crippen LogP contribution in [-0.2, 0) is 188 Å². The van der Waals surface area contributed by atoms with Gasteiger partial charge in [0.15, 0.2) is 18.3 Å². The van der Waals surface area contributed by atoms with Gasteiger partial charge in [-0.2, -0.15) is 0 Å². The molecule has 57 nitrogen and oxygen atoms in total. The zero-order valence-electron chi connectivity index (χ0n) is 79.5. The molecule has 9 saturated heterocycles. The predicted octanol–water partition coefficient (Wildman–Crippen LogP) is -9.89. The monoisotopic (exact) mass is 2100 g/mol. The summed E-state index contributed by atoms with van der Waals surface area (Å²) in [5, 5.41) is 35.8. The number of sulfonamides is 3. The molecule has 9 aliphatic heterocycles. The van der Waals surface area contributed by atoms with Crippen molar-refractivity contribution >= 4 is 172 Å². The third kappa shape index (κ3) is 54.5. The Hall–Kier alpha value is -15.3. The van der Waals surface area contributed by atoms with Crippen molar-refractivity contribution in [2.75, 3.05) is 118 Å². The molecule has 0 aromatic carbocycles. The van der Waals surface area contributed by atoms with Crippen LogP contribution in [0.15, 0.2) is 111 Å². The van der Waals surface area contributed by atoms with Crippen molar-refractivity contribution in [1.29, 1.82) is 0 Å². The van der Waals surface area contributed by atoms with Gasteiger partial charge in [-0.25, -0.2) is 39.4 Å². The summed E-state index contributed by atoms with van der Waals surface area (Å²) in [6.45, 7) is 40.0. The summed E-state index contributed by atoms with van der Waals surface area (Å²) in [6, 6.07) is 0. The molecule has 0 aliphatic carbocycles. The Labute approximate surface area is 826 Å². The number of hydrogen-bond acceptors (Lipinski definition) is 39. The van der Waals surface area contributed by atoms with E-state index in [1.807, 2.05) is 0 Å². The third-order valence-corrected chi connectivity index (χ3v) is 22.8. The lowest BCUT2D eigenvalue weighted by atomic mass is 10.3. The average molecular weight is 2100 g/mol. The van der Waals surface area contributed by atoms with Gasteiger partial charge in [0.25, 0.3) is 17.7 Å². The molecule has 0 spiro atoms. The maximum absolute atomic E-state index is 11.3. The molecule has 9 unspecified atom stereocenters. The minimum atomic E-state index is -3.56. The van der Waals surface area contributed by atoms with Crippen LogP contribution in [0.3, 0.4) is 0 Å². The summed E-state index contributed by atoms with van der Waals surface area (Å²) < 4.78 is 118. The lowest BCUT2D eigenvalue weighted by Crippen LogP contribution is -2.35. The second kappa shape index (κ2) is 65.6. The van der Waals surface area contributed by atoms with Crippen LogP contribution in [0.5, 0.6) is 0 Å². The molecule has 9 atom stereocenters. The molecule has 9 heterocycles. The summed E-state index contributed by atoms with van der Waals surface area (Å²) in [4.78, 5) is 265. The molecule has 9 aliphatic rings. The standard InChI is InChI=1S/4C10H14N2O4.2C9H14N2O5S.2C9H12N2O4.C8H12N2O5S/c2*1-6(2)10(15)12-5-9(14)16-7-3-8(13)11-4-7;2*1-6(2)9(14)12-5-8(13)16-7-3-4-11-10(7)15;2*1-6(2)9(13)10-5-7(12)16-8-3-4-11-17(8,14)15;1-2-7(12)11-5-9(14)15-6-3-8(13)10-4-6;1-2-7(12)11-5-8(13)15-6-3-4-10-9(6)14;1-2-6(11)9-5-7(12)15-8-3-4-10-16(8,13)14/h2*7H,1,3-5H2,2H3,(H,11,13)(H,12,15);2*7H,1,3-5H2,2H3,(H,11,15)(H,12,14);2*8,11H,1,3-5H2,2H3,(H,10,13);2,6H,1,3-5H2,(H,10,13)(H,11,12);2,6H,1,3-5H2,(H,10,14)(H,11,12);2,8,10H,1,3-5H2,(H,9,11). The van der Waals surface area contributed by atoms with Crippen molar-refractivity contribution in [3.63, 3.8) is 0 Å². The van der Waals surface area contributed by atoms with Gasteiger partial charge in [-0.15, -0.1) is 0 Å². The van der Waals surface area contributed by atoms with Crippen LogP contribution >= 0.6 is 0 Å². The highest BCUT2D eigenvalue weighted by Gasteiger charge is 2.39. The van der Waals surface area contributed by atoms with E-state index in [4.69, 9.17) is 37.9 Å². The quantitative estimate of drug-likeness (QED) is 0.0157. The SMILES string of the molecule is C=C(C)C(=O)NCC(=O)OC1CCNC1=O.C=C(C)C(=O)NCC(=O)OC1CCNC1=O.C=C(C)C(=O)NCC(=O)OC1CCNS1(=O)=O.C=C(C)C(=O)NCC(=O)OC1CCNS1(=O)=O.C=C(C)C(=O)NCC(=O)OC1CNC(=O)C1.C=C(C)C(=O)NCC(=O)OC1CNC(=O)C1.C=CC(=O)NCC(=O)OC1CCNC1=O.C=CC(=O)NCC(=O)OC1CCNS1(=O)=O.C=CC(=O)NCC(=O)OC1CNC(=O)C1. The number of carbonyl (C=O) groups excluding carboxylic acids is 24. The Morgan fingerprint density at radius 2 is 0.451 bits per heavy atom. The van der Waals surface area contributed by atoms with Crippen molar-refractivity contribution in [3.8, 4) is 0 Å². The van der Waals surface area contributed by atoms with E-state index in [0.29, 0.717) is 80.8 Å². The van der Waals surface area contributed by atoms with Crippen LogP contribution in [0, 0.1) is 0 Å². The maximum atomic E-state index is 11.3. The smallest absolute Gasteiger partial charge is 0.326 e. The molecule has 0 saturated carbocycles. The zero-order chi connectivity index (χ0) is 109. The minimum absolute atomic E-state index is 0.135. The highest BCUT2D eigenvalue weighted by Crippen LogP contribution is 2.17. The first-order chi connectivity index (χ1) is 67.3. The summed E-state index contributed by atoms with van der Waals surface area (Å²) in [6.07, 6.45) is 2.24. The first-order valence-electron chi connectivity index (χ1n) is 43.0. The Balaban J connectivity index is 0.000000810. The summed E-state index contributed by atoms with van der Waals surface area (Å²) in [5.41, 5.74) is -1.72. The van der Waals surface area contributed by atoms with E-state index < -0.39 is 190 Å². The van der Waals surface area contributed by atoms with Crippen molar-refractivity contribution < 1.29 is 183 Å². The molecule has 9 rings (SSSR count). The fourth-order valence-corrected chi connectivity index (χ4v) is 14.2. The van der Waals surface area contributed by atoms with Gasteiger partial charge in [-0.05, 0) is 59.8 Å². The van der Waals surface area contributed by atoms with Crippen LogP contribution in [0.4, 0.5) is 0 Å². The molecular weight excluding hydrogens is 1980 g/mol. The van der Waals surface area contributed by atoms with Crippen LogP contribution in [0.25, 0.3) is 0 Å². The predicted molar refractivity (Wildman–Crippen MR) is 496 cm³/mol. The Morgan fingerprint density at radius 3 is 0.597 bits per heavy atom. The van der Waals surface area contributed by atoms with Gasteiger partial charge in [-0.1, -0.05) is 59.2 Å². The topological polar surface area (TPSA) is 812 Å². The first kappa shape index (κ1) is 127. The van der Waals surface area contributed by atoms with Gasteiger partial charge < -0.3 is 122 Å². The molecular formula is C84H120N18O39S3. The third-order valence-electron chi connectivity index (χ3n) is 17.9. The normalized spacial score (nSPS) is 20.0. The van der Waals surface area contributed by atoms with E-state index in [0.717, 1.165) is 18.2 Å². The van der Waals surface area contributed by atoms with Gasteiger partial charge >= 0.3 is 53.7 Å². The fraction of sp³-hybridized carbons (Fsp3) is 0.500. The van der Waals surface area contributed by atoms with E-state index in [-0.39, 0.29) is 164 Å². The number of nitrogens with one attached hydrogen (secondary N) is 18. The number of amides is 15. The van der Waals surface area contributed by atoms with Crippen LogP contribution < -0.4 is 93.9 Å². The molecule has 0 bridgehead atoms. The molecule has 0 aromatic rings. The molecule has 9 fully saturated rings. The Bertz CT molecular complexity index is 5020. The summed E-state index contributed by atoms with van der Waals surface area (Å²) in [5.74, 6) is -11.2. The van der Waals surface area contributed by atoms with E-state index in [1.54, 1.807) is 13.8 Å². The van der Waals surface area contributed by atoms with Crippen molar-refractivity contribution in [2.24, 2.45) is 0 Å². The largest absolute Gasteiger partial charge is 0.459 e. The number of hydrogen-bond donors (Lipinski definition) is 18. The Kier molecular flexibility index (Phi) is 57.7. The van der Waals surface area contributed by atoms with Crippen molar-refractivity contribution in [1.82, 2.24) is 93.9 Å². The molecule has 15 amide bonds. The van der Waals surface area contributed by atoms with Crippen LogP contribution in [0.2, 0.25) is 0 Å². The van der Waals surface area contributed by atoms with Gasteiger partial charge in [0.05, 0.1) is 38.9 Å².